The van der Waals surface area contributed by atoms with Gasteiger partial charge in [0.1, 0.15) is 24.0 Å². The van der Waals surface area contributed by atoms with E-state index in [4.69, 9.17) is 7.48 Å². The third-order valence-corrected chi connectivity index (χ3v) is 14.6. The van der Waals surface area contributed by atoms with E-state index in [1.165, 1.54) is 50.2 Å². The van der Waals surface area contributed by atoms with E-state index >= 15 is 0 Å². The number of anilines is 4. The lowest BCUT2D eigenvalue weighted by atomic mass is 9.77. The fraction of sp³-hybridized carbons (Fsp3) is 0.309. The molecule has 0 fully saturated rings. The number of benzene rings is 7. The zero-order chi connectivity index (χ0) is 54.6. The number of ether oxygens (including phenoxy) is 1. The highest BCUT2D eigenvalue weighted by Gasteiger charge is 2.33. The molecule has 0 spiro atoms. The lowest BCUT2D eigenvalue weighted by molar-refractivity contribution is 0.483. The van der Waals surface area contributed by atoms with Gasteiger partial charge in [0, 0.05) is 45.9 Å². The summed E-state index contributed by atoms with van der Waals surface area (Å²) in [7, 11) is 0. The summed E-state index contributed by atoms with van der Waals surface area (Å²) in [6.45, 7) is 34.3. The highest BCUT2D eigenvalue weighted by Crippen LogP contribution is 2.52. The highest BCUT2D eigenvalue weighted by atomic mass is 16.5. The van der Waals surface area contributed by atoms with Crippen molar-refractivity contribution in [3.63, 3.8) is 0 Å². The molecular formula is C68H74N4O. The van der Waals surface area contributed by atoms with E-state index in [2.05, 4.69) is 207 Å². The van der Waals surface area contributed by atoms with Crippen molar-refractivity contribution in [1.29, 1.82) is 0 Å². The van der Waals surface area contributed by atoms with Crippen molar-refractivity contribution < 1.29 is 8.85 Å². The van der Waals surface area contributed by atoms with Crippen molar-refractivity contribution in [3.05, 3.63) is 192 Å². The van der Waals surface area contributed by atoms with Crippen molar-refractivity contribution in [2.24, 2.45) is 0 Å². The molecule has 9 aromatic rings. The zero-order valence-electron chi connectivity index (χ0n) is 48.8. The number of pyridine rings is 1. The van der Waals surface area contributed by atoms with Crippen LogP contribution in [0, 0.1) is 0 Å². The molecule has 5 heteroatoms. The number of para-hydroxylation sites is 4. The SMILES string of the molecule is [2H]c1nc(-n2c3ccccc3c3ccc(Oc4cccc(N5CN(c6c(-c7cc(C(C)(C)C)cc(C(C)(C)C)c7)cccc6-c6cc(C(C)(C)C)cc(C(C)(C)C)c6)c6ccccc65)c4)cc32)c([2H])c(C(C)(C)C)c1[2H]. The lowest BCUT2D eigenvalue weighted by Crippen LogP contribution is -2.25. The highest BCUT2D eigenvalue weighted by molar-refractivity contribution is 6.09. The van der Waals surface area contributed by atoms with Gasteiger partial charge in [-0.1, -0.05) is 195 Å². The van der Waals surface area contributed by atoms with Crippen LogP contribution in [0.25, 0.3) is 49.9 Å². The number of aromatic nitrogens is 2. The molecule has 0 N–H and O–H groups in total. The maximum atomic E-state index is 9.43. The third-order valence-electron chi connectivity index (χ3n) is 14.6. The zero-order valence-corrected chi connectivity index (χ0v) is 45.8. The molecule has 372 valence electrons. The molecule has 0 saturated carbocycles. The summed E-state index contributed by atoms with van der Waals surface area (Å²) >= 11 is 0. The average Bonchev–Trinajstić information content (AvgIpc) is 3.93. The molecular weight excluding hydrogens is 889 g/mol. The van der Waals surface area contributed by atoms with Gasteiger partial charge in [0.05, 0.1) is 32.2 Å². The van der Waals surface area contributed by atoms with Crippen LogP contribution >= 0.6 is 0 Å². The second-order valence-corrected chi connectivity index (χ2v) is 25.3. The third kappa shape index (κ3) is 9.56. The van der Waals surface area contributed by atoms with E-state index in [9.17, 15) is 1.37 Å². The van der Waals surface area contributed by atoms with Gasteiger partial charge in [0.2, 0.25) is 0 Å². The van der Waals surface area contributed by atoms with Crippen molar-refractivity contribution in [3.8, 4) is 39.6 Å². The number of rotatable bonds is 7. The van der Waals surface area contributed by atoms with Gasteiger partial charge in [-0.25, -0.2) is 4.98 Å². The minimum absolute atomic E-state index is 0.0135. The molecule has 73 heavy (non-hydrogen) atoms. The second kappa shape index (κ2) is 17.8. The number of nitrogens with zero attached hydrogens (tertiary/aromatic N) is 4. The van der Waals surface area contributed by atoms with Crippen molar-refractivity contribution in [1.82, 2.24) is 9.55 Å². The molecule has 0 aliphatic carbocycles. The van der Waals surface area contributed by atoms with Crippen molar-refractivity contribution >= 4 is 44.6 Å². The molecule has 0 atom stereocenters. The van der Waals surface area contributed by atoms with E-state index in [0.717, 1.165) is 38.9 Å². The van der Waals surface area contributed by atoms with Gasteiger partial charge in [-0.3, -0.25) is 4.57 Å². The molecule has 0 amide bonds. The largest absolute Gasteiger partial charge is 0.457 e. The van der Waals surface area contributed by atoms with Crippen LogP contribution in [0.3, 0.4) is 0 Å². The van der Waals surface area contributed by atoms with Crippen LogP contribution in [0.15, 0.2) is 164 Å². The topological polar surface area (TPSA) is 33.5 Å². The normalized spacial score (nSPS) is 14.2. The number of hydrogen-bond donors (Lipinski definition) is 0. The van der Waals surface area contributed by atoms with Gasteiger partial charge >= 0.3 is 0 Å². The summed E-state index contributed by atoms with van der Waals surface area (Å²) in [5.74, 6) is 1.63. The van der Waals surface area contributed by atoms with E-state index in [0.29, 0.717) is 29.5 Å². The first-order chi connectivity index (χ1) is 35.6. The van der Waals surface area contributed by atoms with Crippen LogP contribution in [0.5, 0.6) is 11.5 Å². The van der Waals surface area contributed by atoms with Crippen LogP contribution in [-0.4, -0.2) is 16.2 Å². The Bertz CT molecular complexity index is 3580. The lowest BCUT2D eigenvalue weighted by Gasteiger charge is -2.31. The van der Waals surface area contributed by atoms with Gasteiger partial charge in [0.15, 0.2) is 0 Å². The second-order valence-electron chi connectivity index (χ2n) is 25.3. The van der Waals surface area contributed by atoms with Gasteiger partial charge in [-0.15, -0.1) is 0 Å². The molecule has 3 heterocycles. The van der Waals surface area contributed by atoms with Crippen molar-refractivity contribution in [2.45, 2.75) is 131 Å². The Morgan fingerprint density at radius 3 is 1.51 bits per heavy atom. The molecule has 5 nitrogen and oxygen atoms in total. The summed E-state index contributed by atoms with van der Waals surface area (Å²) in [6, 6.07) is 52.8. The Morgan fingerprint density at radius 2 is 0.945 bits per heavy atom. The van der Waals surface area contributed by atoms with Crippen LogP contribution in [0.2, 0.25) is 0 Å². The summed E-state index contributed by atoms with van der Waals surface area (Å²) < 4.78 is 35.8. The Balaban J connectivity index is 1.11. The maximum Gasteiger partial charge on any atom is 0.137 e. The fourth-order valence-corrected chi connectivity index (χ4v) is 10.1. The molecule has 0 radical (unpaired) electrons. The first kappa shape index (κ1) is 45.7. The van der Waals surface area contributed by atoms with Crippen molar-refractivity contribution in [2.75, 3.05) is 16.5 Å². The molecule has 1 aliphatic rings. The van der Waals surface area contributed by atoms with E-state index < -0.39 is 5.41 Å². The first-order valence-corrected chi connectivity index (χ1v) is 26.0. The Kier molecular flexibility index (Phi) is 11.2. The summed E-state index contributed by atoms with van der Waals surface area (Å²) in [6.07, 6.45) is -0.151. The smallest absolute Gasteiger partial charge is 0.137 e. The summed E-state index contributed by atoms with van der Waals surface area (Å²) in [5.41, 5.74) is 15.8. The minimum Gasteiger partial charge on any atom is -0.457 e. The van der Waals surface area contributed by atoms with Gasteiger partial charge in [-0.05, 0) is 121 Å². The molecule has 0 bridgehead atoms. The van der Waals surface area contributed by atoms with Gasteiger partial charge < -0.3 is 14.5 Å². The Hall–Kier alpha value is -7.11. The molecule has 0 saturated heterocycles. The van der Waals surface area contributed by atoms with E-state index in [-0.39, 0.29) is 39.9 Å². The van der Waals surface area contributed by atoms with Crippen LogP contribution in [-0.2, 0) is 27.1 Å². The van der Waals surface area contributed by atoms with E-state index in [1.54, 1.807) is 0 Å². The van der Waals surface area contributed by atoms with Gasteiger partial charge in [-0.2, -0.15) is 0 Å². The number of fused-ring (bicyclic) bond motifs is 4. The van der Waals surface area contributed by atoms with Crippen LogP contribution < -0.4 is 14.5 Å². The maximum absolute atomic E-state index is 9.43. The monoisotopic (exact) mass is 966 g/mol. The Morgan fingerprint density at radius 1 is 0.452 bits per heavy atom. The summed E-state index contributed by atoms with van der Waals surface area (Å²) in [5, 5.41) is 1.98. The quantitative estimate of drug-likeness (QED) is 0.159. The standard InChI is InChI=1S/C68H74N4O/c1-64(2,3)46-32-33-69-62(40-46)72-58-27-17-16-24-56(58)57-31-30-53(42-61(57)72)73-52-23-20-22-51(41-52)70-43-71(60-29-19-18-28-59(60)70)63-54(44-34-47(65(4,5)6)38-48(35-44)66(7,8)9)25-21-26-55(63)45-36-49(67(10,11)12)39-50(37-45)68(13,14)15/h16-42H,43H2,1-15H3/i32D,33D,40D. The molecule has 0 unspecified atom stereocenters. The fourth-order valence-electron chi connectivity index (χ4n) is 10.1. The predicted octanol–water partition coefficient (Wildman–Crippen LogP) is 19.0. The molecule has 10 rings (SSSR count). The van der Waals surface area contributed by atoms with Crippen LogP contribution in [0.4, 0.5) is 22.7 Å². The minimum atomic E-state index is -0.541. The Labute approximate surface area is 439 Å². The van der Waals surface area contributed by atoms with Gasteiger partial charge in [0.25, 0.3) is 0 Å². The summed E-state index contributed by atoms with van der Waals surface area (Å²) in [4.78, 5) is 9.53. The van der Waals surface area contributed by atoms with Crippen LogP contribution in [0.1, 0.15) is 136 Å². The number of hydrogen-bond acceptors (Lipinski definition) is 4. The van der Waals surface area contributed by atoms with E-state index in [1.807, 2.05) is 61.7 Å². The predicted molar refractivity (Wildman–Crippen MR) is 311 cm³/mol. The molecule has 2 aromatic heterocycles. The average molecular weight is 966 g/mol. The molecule has 1 aliphatic heterocycles. The molecule has 7 aromatic carbocycles. The first-order valence-electron chi connectivity index (χ1n) is 27.5.